The minimum absolute atomic E-state index is 0.207. The number of esters is 1. The van der Waals surface area contributed by atoms with Gasteiger partial charge >= 0.3 is 5.97 Å². The van der Waals surface area contributed by atoms with Crippen molar-refractivity contribution < 1.29 is 23.5 Å². The van der Waals surface area contributed by atoms with Gasteiger partial charge in [-0.05, 0) is 43.3 Å². The number of halogens is 1. The number of nitrogens with one attached hydrogen (secondary N) is 1. The molecule has 0 saturated heterocycles. The van der Waals surface area contributed by atoms with Crippen LogP contribution in [0.4, 0.5) is 10.1 Å². The van der Waals surface area contributed by atoms with E-state index in [9.17, 15) is 14.0 Å². The van der Waals surface area contributed by atoms with Crippen molar-refractivity contribution in [2.24, 2.45) is 0 Å². The van der Waals surface area contributed by atoms with Gasteiger partial charge in [-0.1, -0.05) is 12.1 Å². The number of amides is 1. The van der Waals surface area contributed by atoms with Crippen LogP contribution >= 0.6 is 0 Å². The van der Waals surface area contributed by atoms with Crippen LogP contribution in [0, 0.1) is 5.82 Å². The molecular weight excluding hydrogens is 301 g/mol. The summed E-state index contributed by atoms with van der Waals surface area (Å²) in [5.74, 6) is -1.40. The topological polar surface area (TPSA) is 64.6 Å². The van der Waals surface area contributed by atoms with E-state index in [2.05, 4.69) is 5.32 Å². The van der Waals surface area contributed by atoms with Crippen molar-refractivity contribution in [2.75, 3.05) is 18.5 Å². The van der Waals surface area contributed by atoms with Crippen LogP contribution in [0.2, 0.25) is 0 Å². The molecule has 0 spiro atoms. The molecule has 0 aliphatic rings. The number of anilines is 1. The first-order chi connectivity index (χ1) is 11.1. The Morgan fingerprint density at radius 3 is 2.43 bits per heavy atom. The molecule has 0 bridgehead atoms. The Morgan fingerprint density at radius 2 is 1.78 bits per heavy atom. The SMILES string of the molecule is CCOc1ccc(NC(=O)COC(=O)c2ccccc2F)cc1. The molecule has 1 amide bonds. The van der Waals surface area contributed by atoms with E-state index in [4.69, 9.17) is 9.47 Å². The van der Waals surface area contributed by atoms with Crippen LogP contribution in [0.25, 0.3) is 0 Å². The third-order valence-electron chi connectivity index (χ3n) is 2.88. The maximum atomic E-state index is 13.4. The minimum atomic E-state index is -0.884. The molecule has 2 aromatic rings. The van der Waals surface area contributed by atoms with Gasteiger partial charge in [0.15, 0.2) is 6.61 Å². The van der Waals surface area contributed by atoms with Gasteiger partial charge in [0.1, 0.15) is 11.6 Å². The molecule has 23 heavy (non-hydrogen) atoms. The highest BCUT2D eigenvalue weighted by Crippen LogP contribution is 2.15. The predicted molar refractivity (Wildman–Crippen MR) is 82.9 cm³/mol. The first kappa shape index (κ1) is 16.5. The smallest absolute Gasteiger partial charge is 0.341 e. The Labute approximate surface area is 133 Å². The van der Waals surface area contributed by atoms with Gasteiger partial charge in [0.25, 0.3) is 5.91 Å². The van der Waals surface area contributed by atoms with Gasteiger partial charge in [-0.2, -0.15) is 0 Å². The van der Waals surface area contributed by atoms with Crippen molar-refractivity contribution in [1.82, 2.24) is 0 Å². The molecule has 5 nitrogen and oxygen atoms in total. The van der Waals surface area contributed by atoms with E-state index in [0.717, 1.165) is 6.07 Å². The summed E-state index contributed by atoms with van der Waals surface area (Å²) < 4.78 is 23.5. The van der Waals surface area contributed by atoms with Gasteiger partial charge in [-0.15, -0.1) is 0 Å². The first-order valence-electron chi connectivity index (χ1n) is 7.04. The minimum Gasteiger partial charge on any atom is -0.494 e. The molecule has 2 aromatic carbocycles. The van der Waals surface area contributed by atoms with Crippen LogP contribution < -0.4 is 10.1 Å². The summed E-state index contributed by atoms with van der Waals surface area (Å²) in [6, 6.07) is 12.2. The zero-order valence-corrected chi connectivity index (χ0v) is 12.5. The van der Waals surface area contributed by atoms with Gasteiger partial charge in [0, 0.05) is 5.69 Å². The van der Waals surface area contributed by atoms with Crippen LogP contribution in [0.1, 0.15) is 17.3 Å². The lowest BCUT2D eigenvalue weighted by molar-refractivity contribution is -0.119. The number of benzene rings is 2. The quantitative estimate of drug-likeness (QED) is 0.832. The maximum Gasteiger partial charge on any atom is 0.341 e. The molecule has 6 heteroatoms. The fraction of sp³-hybridized carbons (Fsp3) is 0.176. The summed E-state index contributed by atoms with van der Waals surface area (Å²) in [7, 11) is 0. The normalized spacial score (nSPS) is 10.0. The van der Waals surface area contributed by atoms with Gasteiger partial charge < -0.3 is 14.8 Å². The summed E-state index contributed by atoms with van der Waals surface area (Å²) in [6.45, 7) is 1.93. The molecular formula is C17H16FNO4. The zero-order valence-electron chi connectivity index (χ0n) is 12.5. The van der Waals surface area contributed by atoms with Gasteiger partial charge in [0.2, 0.25) is 0 Å². The molecule has 0 aliphatic heterocycles. The highest BCUT2D eigenvalue weighted by Gasteiger charge is 2.14. The molecule has 0 atom stereocenters. The lowest BCUT2D eigenvalue weighted by Crippen LogP contribution is -2.21. The van der Waals surface area contributed by atoms with Crippen LogP contribution in [0.15, 0.2) is 48.5 Å². The average Bonchev–Trinajstić information content (AvgIpc) is 2.55. The van der Waals surface area contributed by atoms with Crippen molar-refractivity contribution in [3.63, 3.8) is 0 Å². The second kappa shape index (κ2) is 7.93. The van der Waals surface area contributed by atoms with Gasteiger partial charge in [0.05, 0.1) is 12.2 Å². The molecule has 0 aliphatic carbocycles. The van der Waals surface area contributed by atoms with Crippen LogP contribution in [-0.4, -0.2) is 25.1 Å². The molecule has 2 rings (SSSR count). The molecule has 1 N–H and O–H groups in total. The van der Waals surface area contributed by atoms with Crippen molar-refractivity contribution in [3.8, 4) is 5.75 Å². The van der Waals surface area contributed by atoms with Crippen LogP contribution in [0.3, 0.4) is 0 Å². The largest absolute Gasteiger partial charge is 0.494 e. The third-order valence-corrected chi connectivity index (χ3v) is 2.88. The van der Waals surface area contributed by atoms with E-state index < -0.39 is 24.3 Å². The molecule has 0 aromatic heterocycles. The number of ether oxygens (including phenoxy) is 2. The van der Waals surface area contributed by atoms with E-state index in [1.807, 2.05) is 6.92 Å². The van der Waals surface area contributed by atoms with Crippen molar-refractivity contribution in [2.45, 2.75) is 6.92 Å². The second-order valence-corrected chi connectivity index (χ2v) is 4.56. The van der Waals surface area contributed by atoms with E-state index in [0.29, 0.717) is 18.0 Å². The summed E-state index contributed by atoms with van der Waals surface area (Å²) in [5, 5.41) is 2.57. The Hall–Kier alpha value is -2.89. The van der Waals surface area contributed by atoms with Crippen LogP contribution in [0.5, 0.6) is 5.75 Å². The van der Waals surface area contributed by atoms with E-state index in [1.165, 1.54) is 18.2 Å². The number of carbonyl (C=O) groups excluding carboxylic acids is 2. The Bertz CT molecular complexity index is 685. The fourth-order valence-corrected chi connectivity index (χ4v) is 1.83. The first-order valence-corrected chi connectivity index (χ1v) is 7.04. The van der Waals surface area contributed by atoms with Crippen molar-refractivity contribution in [3.05, 3.63) is 59.9 Å². The number of rotatable bonds is 6. The van der Waals surface area contributed by atoms with Crippen molar-refractivity contribution >= 4 is 17.6 Å². The lowest BCUT2D eigenvalue weighted by atomic mass is 10.2. The highest BCUT2D eigenvalue weighted by atomic mass is 19.1. The molecule has 0 saturated carbocycles. The maximum absolute atomic E-state index is 13.4. The van der Waals surface area contributed by atoms with Crippen molar-refractivity contribution in [1.29, 1.82) is 0 Å². The van der Waals surface area contributed by atoms with E-state index >= 15 is 0 Å². The Morgan fingerprint density at radius 1 is 1.09 bits per heavy atom. The molecule has 0 unspecified atom stereocenters. The zero-order chi connectivity index (χ0) is 16.7. The number of carbonyl (C=O) groups is 2. The summed E-state index contributed by atoms with van der Waals surface area (Å²) in [4.78, 5) is 23.4. The number of hydrogen-bond acceptors (Lipinski definition) is 4. The van der Waals surface area contributed by atoms with Crippen LogP contribution in [-0.2, 0) is 9.53 Å². The number of hydrogen-bond donors (Lipinski definition) is 1. The molecule has 0 radical (unpaired) electrons. The fourth-order valence-electron chi connectivity index (χ4n) is 1.83. The highest BCUT2D eigenvalue weighted by molar-refractivity contribution is 5.95. The Kier molecular flexibility index (Phi) is 5.68. The molecule has 120 valence electrons. The average molecular weight is 317 g/mol. The second-order valence-electron chi connectivity index (χ2n) is 4.56. The summed E-state index contributed by atoms with van der Waals surface area (Å²) >= 11 is 0. The Balaban J connectivity index is 1.85. The summed E-state index contributed by atoms with van der Waals surface area (Å²) in [5.41, 5.74) is 0.335. The standard InChI is InChI=1S/C17H16FNO4/c1-2-22-13-9-7-12(8-10-13)19-16(20)11-23-17(21)14-5-3-4-6-15(14)18/h3-10H,2,11H2,1H3,(H,19,20). The predicted octanol–water partition coefficient (Wildman–Crippen LogP) is 3.02. The van der Waals surface area contributed by atoms with E-state index in [1.54, 1.807) is 24.3 Å². The third kappa shape index (κ3) is 4.81. The molecule has 0 fully saturated rings. The summed E-state index contributed by atoms with van der Waals surface area (Å²) in [6.07, 6.45) is 0. The lowest BCUT2D eigenvalue weighted by Gasteiger charge is -2.08. The molecule has 0 heterocycles. The van der Waals surface area contributed by atoms with Gasteiger partial charge in [-0.3, -0.25) is 4.79 Å². The monoisotopic (exact) mass is 317 g/mol. The van der Waals surface area contributed by atoms with E-state index in [-0.39, 0.29) is 5.56 Å². The van der Waals surface area contributed by atoms with Gasteiger partial charge in [-0.25, -0.2) is 9.18 Å².